The van der Waals surface area contributed by atoms with Crippen molar-refractivity contribution in [3.05, 3.63) is 108 Å². The monoisotopic (exact) mass is 462 g/mol. The van der Waals surface area contributed by atoms with Crippen molar-refractivity contribution in [3.8, 4) is 0 Å². The minimum atomic E-state index is -3.14. The summed E-state index contributed by atoms with van der Waals surface area (Å²) in [6.07, 6.45) is 0.375. The number of nitrogens with one attached hydrogen (secondary N) is 2. The number of hydrogen-bond acceptors (Lipinski definition) is 4. The van der Waals surface area contributed by atoms with Crippen LogP contribution in [0.1, 0.15) is 35.1 Å². The summed E-state index contributed by atoms with van der Waals surface area (Å²) in [4.78, 5) is 26.8. The van der Waals surface area contributed by atoms with Gasteiger partial charge in [0.05, 0.1) is 17.4 Å². The van der Waals surface area contributed by atoms with Crippen molar-refractivity contribution in [1.29, 1.82) is 0 Å². The molecule has 2 atom stereocenters. The average molecular weight is 463 g/mol. The third kappa shape index (κ3) is 5.68. The normalized spacial score (nSPS) is 17.9. The molecular formula is C26H26N2O4S. The van der Waals surface area contributed by atoms with Crippen LogP contribution in [-0.4, -0.2) is 37.8 Å². The fourth-order valence-corrected chi connectivity index (χ4v) is 5.82. The van der Waals surface area contributed by atoms with Gasteiger partial charge < -0.3 is 10.6 Å². The van der Waals surface area contributed by atoms with Crippen LogP contribution < -0.4 is 10.6 Å². The number of amides is 2. The first-order valence-electron chi connectivity index (χ1n) is 10.9. The van der Waals surface area contributed by atoms with E-state index in [0.29, 0.717) is 12.0 Å². The summed E-state index contributed by atoms with van der Waals surface area (Å²) >= 11 is 0. The third-order valence-electron chi connectivity index (χ3n) is 5.79. The first-order chi connectivity index (χ1) is 15.9. The van der Waals surface area contributed by atoms with E-state index in [9.17, 15) is 18.0 Å². The molecule has 1 aliphatic rings. The third-order valence-corrected chi connectivity index (χ3v) is 7.56. The van der Waals surface area contributed by atoms with E-state index in [2.05, 4.69) is 10.6 Å². The molecule has 3 aromatic rings. The maximum absolute atomic E-state index is 13.6. The first kappa shape index (κ1) is 22.7. The van der Waals surface area contributed by atoms with Crippen LogP contribution in [0.4, 0.5) is 0 Å². The molecule has 6 nitrogen and oxygen atoms in total. The number of carbonyl (C=O) groups excluding carboxylic acids is 2. The van der Waals surface area contributed by atoms with Crippen molar-refractivity contribution in [2.45, 2.75) is 24.4 Å². The van der Waals surface area contributed by atoms with Crippen LogP contribution in [-0.2, 0) is 19.4 Å². The summed E-state index contributed by atoms with van der Waals surface area (Å²) in [5.41, 5.74) is 2.26. The predicted octanol–water partition coefficient (Wildman–Crippen LogP) is 2.98. The van der Waals surface area contributed by atoms with Crippen LogP contribution in [0.3, 0.4) is 0 Å². The Morgan fingerprint density at radius 2 is 1.21 bits per heavy atom. The maximum Gasteiger partial charge on any atom is 0.247 e. The van der Waals surface area contributed by atoms with Gasteiger partial charge in [-0.3, -0.25) is 9.59 Å². The molecule has 0 radical (unpaired) electrons. The van der Waals surface area contributed by atoms with Gasteiger partial charge in [0.2, 0.25) is 11.8 Å². The number of sulfone groups is 1. The topological polar surface area (TPSA) is 92.3 Å². The highest BCUT2D eigenvalue weighted by Crippen LogP contribution is 2.26. The van der Waals surface area contributed by atoms with E-state index in [1.165, 1.54) is 0 Å². The molecule has 0 saturated carbocycles. The van der Waals surface area contributed by atoms with Crippen molar-refractivity contribution in [3.63, 3.8) is 0 Å². The summed E-state index contributed by atoms with van der Waals surface area (Å²) in [5, 5.41) is 5.75. The number of rotatable bonds is 7. The molecule has 1 heterocycles. The molecule has 1 fully saturated rings. The molecule has 1 aliphatic heterocycles. The Hall–Kier alpha value is -3.45. The van der Waals surface area contributed by atoms with Gasteiger partial charge in [0.25, 0.3) is 0 Å². The Kier molecular flexibility index (Phi) is 6.89. The molecule has 0 aromatic heterocycles. The largest absolute Gasteiger partial charge is 0.350 e. The second kappa shape index (κ2) is 10.0. The average Bonchev–Trinajstić information content (AvgIpc) is 3.17. The van der Waals surface area contributed by atoms with Crippen LogP contribution in [0.5, 0.6) is 0 Å². The molecule has 33 heavy (non-hydrogen) atoms. The van der Waals surface area contributed by atoms with Crippen molar-refractivity contribution in [1.82, 2.24) is 10.6 Å². The molecule has 4 rings (SSSR count). The fourth-order valence-electron chi connectivity index (χ4n) is 4.15. The van der Waals surface area contributed by atoms with E-state index in [-0.39, 0.29) is 17.4 Å². The zero-order valence-corrected chi connectivity index (χ0v) is 18.9. The molecule has 0 spiro atoms. The van der Waals surface area contributed by atoms with Gasteiger partial charge in [-0.1, -0.05) is 91.0 Å². The van der Waals surface area contributed by atoms with E-state index < -0.39 is 33.7 Å². The zero-order valence-electron chi connectivity index (χ0n) is 18.1. The summed E-state index contributed by atoms with van der Waals surface area (Å²) in [6.45, 7) is 0. The molecular weight excluding hydrogens is 436 g/mol. The molecule has 1 saturated heterocycles. The van der Waals surface area contributed by atoms with Crippen molar-refractivity contribution < 1.29 is 18.0 Å². The summed E-state index contributed by atoms with van der Waals surface area (Å²) < 4.78 is 23.6. The quantitative estimate of drug-likeness (QED) is 0.565. The van der Waals surface area contributed by atoms with Gasteiger partial charge >= 0.3 is 0 Å². The lowest BCUT2D eigenvalue weighted by atomic mass is 9.90. The highest BCUT2D eigenvalue weighted by atomic mass is 32.2. The molecule has 170 valence electrons. The molecule has 0 unspecified atom stereocenters. The van der Waals surface area contributed by atoms with Crippen molar-refractivity contribution >= 4 is 21.7 Å². The summed E-state index contributed by atoms with van der Waals surface area (Å²) in [6, 6.07) is 26.4. The summed E-state index contributed by atoms with van der Waals surface area (Å²) in [5.74, 6) is -1.35. The van der Waals surface area contributed by atoms with E-state index in [1.54, 1.807) is 24.3 Å². The number of benzene rings is 3. The Morgan fingerprint density at radius 1 is 0.727 bits per heavy atom. The van der Waals surface area contributed by atoms with Crippen LogP contribution in [0.25, 0.3) is 0 Å². The zero-order chi connectivity index (χ0) is 23.3. The van der Waals surface area contributed by atoms with Gasteiger partial charge in [-0.15, -0.1) is 0 Å². The Morgan fingerprint density at radius 3 is 1.67 bits per heavy atom. The van der Waals surface area contributed by atoms with E-state index >= 15 is 0 Å². The van der Waals surface area contributed by atoms with Gasteiger partial charge in [-0.05, 0) is 23.1 Å². The van der Waals surface area contributed by atoms with Crippen LogP contribution in [0, 0.1) is 0 Å². The van der Waals surface area contributed by atoms with Crippen molar-refractivity contribution in [2.24, 2.45) is 0 Å². The van der Waals surface area contributed by atoms with Gasteiger partial charge in [-0.25, -0.2) is 8.42 Å². The molecule has 0 bridgehead atoms. The fraction of sp³-hybridized carbons (Fsp3) is 0.231. The lowest BCUT2D eigenvalue weighted by Crippen LogP contribution is -2.46. The molecule has 7 heteroatoms. The van der Waals surface area contributed by atoms with Crippen molar-refractivity contribution in [2.75, 3.05) is 11.5 Å². The highest BCUT2D eigenvalue weighted by Gasteiger charge is 2.33. The van der Waals surface area contributed by atoms with Crippen LogP contribution in [0.15, 0.2) is 91.0 Å². The van der Waals surface area contributed by atoms with E-state index in [0.717, 1.165) is 11.1 Å². The molecule has 0 aliphatic carbocycles. The summed E-state index contributed by atoms with van der Waals surface area (Å²) in [7, 11) is -3.14. The standard InChI is InChI=1S/C26H26N2O4S/c29-25(23(19-10-4-1-5-11-19)20-12-6-2-7-13-20)28-24(21-14-8-3-9-15-21)26(30)27-22-16-17-33(31,32)18-22/h1-15,22-24H,16-18H2,(H,27,30)(H,28,29)/t22-,24+/m1/s1. The van der Waals surface area contributed by atoms with Crippen LogP contribution in [0.2, 0.25) is 0 Å². The Labute approximate surface area is 194 Å². The lowest BCUT2D eigenvalue weighted by molar-refractivity contribution is -0.129. The molecule has 3 aromatic carbocycles. The van der Waals surface area contributed by atoms with Crippen LogP contribution >= 0.6 is 0 Å². The maximum atomic E-state index is 13.6. The van der Waals surface area contributed by atoms with Gasteiger partial charge in [0, 0.05) is 6.04 Å². The highest BCUT2D eigenvalue weighted by molar-refractivity contribution is 7.91. The van der Waals surface area contributed by atoms with Gasteiger partial charge in [0.15, 0.2) is 9.84 Å². The number of carbonyl (C=O) groups is 2. The predicted molar refractivity (Wildman–Crippen MR) is 127 cm³/mol. The molecule has 2 amide bonds. The number of hydrogen-bond donors (Lipinski definition) is 2. The van der Waals surface area contributed by atoms with Gasteiger partial charge in [0.1, 0.15) is 6.04 Å². The molecule has 2 N–H and O–H groups in total. The van der Waals surface area contributed by atoms with E-state index in [4.69, 9.17) is 0 Å². The minimum Gasteiger partial charge on any atom is -0.350 e. The van der Waals surface area contributed by atoms with E-state index in [1.807, 2.05) is 66.7 Å². The smallest absolute Gasteiger partial charge is 0.247 e. The Bertz CT molecular complexity index is 1160. The SMILES string of the molecule is O=C(N[C@H](C(=O)N[C@@H]1CCS(=O)(=O)C1)c1ccccc1)C(c1ccccc1)c1ccccc1. The minimum absolute atomic E-state index is 0.0599. The lowest BCUT2D eigenvalue weighted by Gasteiger charge is -2.24. The Balaban J connectivity index is 1.62. The second-order valence-corrected chi connectivity index (χ2v) is 10.4. The second-order valence-electron chi connectivity index (χ2n) is 8.22. The van der Waals surface area contributed by atoms with Gasteiger partial charge in [-0.2, -0.15) is 0 Å². The first-order valence-corrected chi connectivity index (χ1v) is 12.7.